The minimum Gasteiger partial charge on any atom is -0.454 e. The number of nitrogens with zero attached hydrogens (tertiary/aromatic N) is 1. The lowest BCUT2D eigenvalue weighted by atomic mass is 10.3. The van der Waals surface area contributed by atoms with Crippen LogP contribution in [0.3, 0.4) is 0 Å². The maximum atomic E-state index is 12.2. The van der Waals surface area contributed by atoms with Crippen LogP contribution < -0.4 is 30.2 Å². The molecule has 0 aromatic heterocycles. The first-order valence-corrected chi connectivity index (χ1v) is 9.42. The molecule has 3 rings (SSSR count). The number of carbonyl (C=O) groups excluding carboxylic acids is 3. The molecule has 0 spiro atoms. The Kier molecular flexibility index (Phi) is 7.23. The van der Waals surface area contributed by atoms with Gasteiger partial charge in [-0.3, -0.25) is 19.8 Å². The van der Waals surface area contributed by atoms with Crippen LogP contribution in [-0.4, -0.2) is 56.0 Å². The average Bonchev–Trinajstić information content (AvgIpc) is 3.15. The number of likely N-dealkylation sites (N-methyl/N-ethyl adjacent to an activating group) is 1. The third-order valence-electron chi connectivity index (χ3n) is 4.08. The molecule has 1 heterocycles. The largest absolute Gasteiger partial charge is 0.573 e. The van der Waals surface area contributed by atoms with Gasteiger partial charge < -0.3 is 24.8 Å². The molecule has 0 radical (unpaired) electrons. The number of halogens is 3. The summed E-state index contributed by atoms with van der Waals surface area (Å²) >= 11 is 0. The van der Waals surface area contributed by atoms with Crippen molar-refractivity contribution >= 4 is 29.2 Å². The van der Waals surface area contributed by atoms with E-state index < -0.39 is 30.0 Å². The summed E-state index contributed by atoms with van der Waals surface area (Å²) in [6.45, 7) is -0.389. The molecule has 10 nitrogen and oxygen atoms in total. The van der Waals surface area contributed by atoms with E-state index in [2.05, 4.69) is 20.7 Å². The number of hydrogen-bond acceptors (Lipinski definition) is 7. The molecule has 33 heavy (non-hydrogen) atoms. The topological polar surface area (TPSA) is 118 Å². The molecular formula is C20H19F3N4O6. The molecule has 0 bridgehead atoms. The van der Waals surface area contributed by atoms with Gasteiger partial charge in [-0.2, -0.15) is 0 Å². The lowest BCUT2D eigenvalue weighted by Crippen LogP contribution is -2.42. The van der Waals surface area contributed by atoms with Crippen molar-refractivity contribution in [2.45, 2.75) is 6.36 Å². The quantitative estimate of drug-likeness (QED) is 0.572. The second-order valence-corrected chi connectivity index (χ2v) is 6.86. The number of hydrogen-bond donors (Lipinski definition) is 3. The van der Waals surface area contributed by atoms with Crippen LogP contribution in [0.5, 0.6) is 17.2 Å². The molecule has 3 N–H and O–H groups in total. The maximum absolute atomic E-state index is 12.2. The van der Waals surface area contributed by atoms with Crippen LogP contribution in [0, 0.1) is 0 Å². The highest BCUT2D eigenvalue weighted by molar-refractivity contribution is 6.02. The van der Waals surface area contributed by atoms with Crippen LogP contribution in [0.1, 0.15) is 0 Å². The van der Waals surface area contributed by atoms with Crippen molar-refractivity contribution in [3.8, 4) is 17.2 Å². The van der Waals surface area contributed by atoms with Crippen molar-refractivity contribution < 1.29 is 41.8 Å². The number of fused-ring (bicyclic) bond motifs is 1. The molecular weight excluding hydrogens is 449 g/mol. The number of imide groups is 1. The number of anilines is 2. The van der Waals surface area contributed by atoms with E-state index in [1.807, 2.05) is 0 Å². The molecule has 0 aliphatic carbocycles. The van der Waals surface area contributed by atoms with E-state index in [1.165, 1.54) is 24.1 Å². The van der Waals surface area contributed by atoms with Crippen LogP contribution in [0.15, 0.2) is 42.5 Å². The Morgan fingerprint density at radius 2 is 1.58 bits per heavy atom. The summed E-state index contributed by atoms with van der Waals surface area (Å²) in [7, 11) is 1.48. The van der Waals surface area contributed by atoms with Gasteiger partial charge in [0, 0.05) is 17.4 Å². The molecule has 1 aliphatic rings. The molecule has 4 amide bonds. The van der Waals surface area contributed by atoms with Crippen LogP contribution in [0.4, 0.5) is 29.3 Å². The third-order valence-corrected chi connectivity index (χ3v) is 4.08. The minimum absolute atomic E-state index is 0.0845. The van der Waals surface area contributed by atoms with Gasteiger partial charge in [-0.1, -0.05) is 0 Å². The SMILES string of the molecule is CN(CC(=O)NC(=O)Nc1ccc2c(c1)OCO2)CC(=O)Nc1ccc(OC(F)(F)F)cc1. The highest BCUT2D eigenvalue weighted by Gasteiger charge is 2.31. The number of carbonyl (C=O) groups is 3. The molecule has 0 unspecified atom stereocenters. The fourth-order valence-corrected chi connectivity index (χ4v) is 2.79. The molecule has 0 atom stereocenters. The van der Waals surface area contributed by atoms with Crippen molar-refractivity contribution in [2.24, 2.45) is 0 Å². The first-order valence-electron chi connectivity index (χ1n) is 9.42. The smallest absolute Gasteiger partial charge is 0.454 e. The average molecular weight is 468 g/mol. The number of urea groups is 1. The van der Waals surface area contributed by atoms with Gasteiger partial charge in [0.1, 0.15) is 5.75 Å². The molecule has 0 saturated carbocycles. The van der Waals surface area contributed by atoms with Crippen LogP contribution in [-0.2, 0) is 9.59 Å². The van der Waals surface area contributed by atoms with E-state index in [4.69, 9.17) is 9.47 Å². The summed E-state index contributed by atoms with van der Waals surface area (Å²) in [5.41, 5.74) is 0.638. The third kappa shape index (κ3) is 7.57. The zero-order valence-corrected chi connectivity index (χ0v) is 17.2. The van der Waals surface area contributed by atoms with Crippen LogP contribution in [0.2, 0.25) is 0 Å². The minimum atomic E-state index is -4.81. The molecule has 0 fully saturated rings. The van der Waals surface area contributed by atoms with Gasteiger partial charge in [-0.25, -0.2) is 4.79 Å². The van der Waals surface area contributed by atoms with Gasteiger partial charge >= 0.3 is 12.4 Å². The summed E-state index contributed by atoms with van der Waals surface area (Å²) in [6.07, 6.45) is -4.81. The molecule has 176 valence electrons. The summed E-state index contributed by atoms with van der Waals surface area (Å²) in [5, 5.41) is 7.10. The number of amides is 4. The van der Waals surface area contributed by atoms with Gasteiger partial charge in [0.2, 0.25) is 18.6 Å². The molecule has 13 heteroatoms. The van der Waals surface area contributed by atoms with Crippen molar-refractivity contribution in [1.29, 1.82) is 0 Å². The lowest BCUT2D eigenvalue weighted by molar-refractivity contribution is -0.274. The standard InChI is InChI=1S/C20H19F3N4O6/c1-27(9-17(28)24-12-2-5-14(6-3-12)33-20(21,22)23)10-18(29)26-19(30)25-13-4-7-15-16(8-13)32-11-31-15/h2-8H,9-11H2,1H3,(H,24,28)(H2,25,26,29,30). The maximum Gasteiger partial charge on any atom is 0.573 e. The first kappa shape index (κ1) is 23.7. The van der Waals surface area contributed by atoms with Gasteiger partial charge in [0.05, 0.1) is 13.1 Å². The van der Waals surface area contributed by atoms with Crippen molar-refractivity contribution in [3.63, 3.8) is 0 Å². The second-order valence-electron chi connectivity index (χ2n) is 6.86. The van der Waals surface area contributed by atoms with Crippen molar-refractivity contribution in [3.05, 3.63) is 42.5 Å². The fourth-order valence-electron chi connectivity index (χ4n) is 2.79. The first-order chi connectivity index (χ1) is 15.6. The van der Waals surface area contributed by atoms with Gasteiger partial charge in [0.15, 0.2) is 11.5 Å². The Morgan fingerprint density at radius 3 is 2.27 bits per heavy atom. The Hall–Kier alpha value is -4.00. The lowest BCUT2D eigenvalue weighted by Gasteiger charge is -2.16. The van der Waals surface area contributed by atoms with Gasteiger partial charge in [-0.15, -0.1) is 13.2 Å². The fraction of sp³-hybridized carbons (Fsp3) is 0.250. The number of nitrogens with one attached hydrogen (secondary N) is 3. The van der Waals surface area contributed by atoms with Gasteiger partial charge in [-0.05, 0) is 43.4 Å². The van der Waals surface area contributed by atoms with E-state index in [9.17, 15) is 27.6 Å². The molecule has 0 saturated heterocycles. The summed E-state index contributed by atoms with van der Waals surface area (Å²) in [6, 6.07) is 8.57. The predicted molar refractivity (Wildman–Crippen MR) is 109 cm³/mol. The van der Waals surface area contributed by atoms with E-state index in [0.29, 0.717) is 17.2 Å². The molecule has 2 aromatic rings. The monoisotopic (exact) mass is 468 g/mol. The number of ether oxygens (including phenoxy) is 3. The number of alkyl halides is 3. The molecule has 1 aliphatic heterocycles. The Bertz CT molecular complexity index is 1030. The zero-order valence-electron chi connectivity index (χ0n) is 17.2. The second kappa shape index (κ2) is 10.1. The van der Waals surface area contributed by atoms with E-state index in [0.717, 1.165) is 12.1 Å². The Morgan fingerprint density at radius 1 is 0.939 bits per heavy atom. The van der Waals surface area contributed by atoms with Crippen molar-refractivity contribution in [1.82, 2.24) is 10.2 Å². The van der Waals surface area contributed by atoms with E-state index in [-0.39, 0.29) is 25.6 Å². The Labute approximate surface area is 185 Å². The van der Waals surface area contributed by atoms with Gasteiger partial charge in [0.25, 0.3) is 0 Å². The highest BCUT2D eigenvalue weighted by atomic mass is 19.4. The highest BCUT2D eigenvalue weighted by Crippen LogP contribution is 2.34. The summed E-state index contributed by atoms with van der Waals surface area (Å²) in [5.74, 6) is -0.583. The zero-order chi connectivity index (χ0) is 24.0. The number of benzene rings is 2. The van der Waals surface area contributed by atoms with Crippen LogP contribution in [0.25, 0.3) is 0 Å². The molecule has 2 aromatic carbocycles. The van der Waals surface area contributed by atoms with Crippen LogP contribution >= 0.6 is 0 Å². The van der Waals surface area contributed by atoms with E-state index in [1.54, 1.807) is 18.2 Å². The number of rotatable bonds is 7. The summed E-state index contributed by atoms with van der Waals surface area (Å²) < 4.78 is 50.6. The normalized spacial score (nSPS) is 12.3. The predicted octanol–water partition coefficient (Wildman–Crippen LogP) is 2.53. The van der Waals surface area contributed by atoms with Crippen molar-refractivity contribution in [2.75, 3.05) is 37.6 Å². The summed E-state index contributed by atoms with van der Waals surface area (Å²) in [4.78, 5) is 37.4. The Balaban J connectivity index is 1.40. The van der Waals surface area contributed by atoms with E-state index >= 15 is 0 Å².